The lowest BCUT2D eigenvalue weighted by molar-refractivity contribution is -0.143. The van der Waals surface area contributed by atoms with Crippen molar-refractivity contribution in [2.24, 2.45) is 5.73 Å². The first-order chi connectivity index (χ1) is 8.51. The molecule has 0 radical (unpaired) electrons. The maximum atomic E-state index is 11.1. The molecule has 0 amide bonds. The van der Waals surface area contributed by atoms with E-state index in [4.69, 9.17) is 10.8 Å². The van der Waals surface area contributed by atoms with Gasteiger partial charge in [-0.25, -0.2) is 4.79 Å². The Bertz CT molecular complexity index is 544. The van der Waals surface area contributed by atoms with Crippen molar-refractivity contribution < 1.29 is 9.90 Å². The summed E-state index contributed by atoms with van der Waals surface area (Å²) in [5.41, 5.74) is 7.15. The molecule has 0 saturated heterocycles. The Morgan fingerprint density at radius 1 is 1.00 bits per heavy atom. The summed E-state index contributed by atoms with van der Waals surface area (Å²) >= 11 is 0. The molecule has 0 fully saturated rings. The van der Waals surface area contributed by atoms with Crippen molar-refractivity contribution in [2.45, 2.75) is 12.5 Å². The van der Waals surface area contributed by atoms with Gasteiger partial charge in [0.1, 0.15) is 5.54 Å². The van der Waals surface area contributed by atoms with E-state index in [2.05, 4.69) is 0 Å². The Morgan fingerprint density at radius 2 is 1.50 bits per heavy atom. The molecule has 0 heterocycles. The van der Waals surface area contributed by atoms with E-state index in [9.17, 15) is 4.79 Å². The molecule has 0 bridgehead atoms. The summed E-state index contributed by atoms with van der Waals surface area (Å²) in [6.07, 6.45) is 0. The van der Waals surface area contributed by atoms with Crippen LogP contribution in [0, 0.1) is 0 Å². The molecule has 1 atom stereocenters. The van der Waals surface area contributed by atoms with Gasteiger partial charge in [0, 0.05) is 0 Å². The second-order valence-electron chi connectivity index (χ2n) is 4.45. The summed E-state index contributed by atoms with van der Waals surface area (Å²) in [5, 5.41) is 9.06. The molecular weight excluding hydrogens is 226 g/mol. The molecule has 0 spiro atoms. The standard InChI is InChI=1S/C15H15NO2/c1-15(16,14(17)18)13-9-7-12(8-10-13)11-5-3-2-4-6-11/h2-10H,16H2,1H3,(H,17,18). The van der Waals surface area contributed by atoms with Crippen LogP contribution in [0.5, 0.6) is 0 Å². The van der Waals surface area contributed by atoms with E-state index < -0.39 is 11.5 Å². The first-order valence-electron chi connectivity index (χ1n) is 5.70. The van der Waals surface area contributed by atoms with Gasteiger partial charge < -0.3 is 10.8 Å². The largest absolute Gasteiger partial charge is 0.480 e. The summed E-state index contributed by atoms with van der Waals surface area (Å²) in [4.78, 5) is 11.1. The van der Waals surface area contributed by atoms with Gasteiger partial charge in [-0.2, -0.15) is 0 Å². The smallest absolute Gasteiger partial charge is 0.328 e. The molecule has 1 unspecified atom stereocenters. The van der Waals surface area contributed by atoms with Crippen molar-refractivity contribution in [2.75, 3.05) is 0 Å². The Morgan fingerprint density at radius 3 is 2.00 bits per heavy atom. The lowest BCUT2D eigenvalue weighted by atomic mass is 9.92. The quantitative estimate of drug-likeness (QED) is 0.868. The third-order valence-electron chi connectivity index (χ3n) is 3.04. The topological polar surface area (TPSA) is 63.3 Å². The maximum Gasteiger partial charge on any atom is 0.328 e. The summed E-state index contributed by atoms with van der Waals surface area (Å²) in [5.74, 6) is -1.03. The summed E-state index contributed by atoms with van der Waals surface area (Å²) in [7, 11) is 0. The van der Waals surface area contributed by atoms with Gasteiger partial charge in [0.15, 0.2) is 0 Å². The molecule has 0 aliphatic carbocycles. The predicted octanol–water partition coefficient (Wildman–Crippen LogP) is 2.61. The summed E-state index contributed by atoms with van der Waals surface area (Å²) in [6.45, 7) is 1.49. The van der Waals surface area contributed by atoms with E-state index in [0.29, 0.717) is 5.56 Å². The van der Waals surface area contributed by atoms with Crippen LogP contribution in [0.1, 0.15) is 12.5 Å². The van der Waals surface area contributed by atoms with Crippen molar-refractivity contribution in [3.8, 4) is 11.1 Å². The molecular formula is C15H15NO2. The van der Waals surface area contributed by atoms with Crippen molar-refractivity contribution in [1.82, 2.24) is 0 Å². The highest BCUT2D eigenvalue weighted by atomic mass is 16.4. The first kappa shape index (κ1) is 12.3. The molecule has 2 rings (SSSR count). The molecule has 3 nitrogen and oxygen atoms in total. The number of hydrogen-bond acceptors (Lipinski definition) is 2. The van der Waals surface area contributed by atoms with Gasteiger partial charge in [-0.1, -0.05) is 54.6 Å². The second-order valence-corrected chi connectivity index (χ2v) is 4.45. The zero-order chi connectivity index (χ0) is 13.2. The number of benzene rings is 2. The van der Waals surface area contributed by atoms with E-state index in [-0.39, 0.29) is 0 Å². The van der Waals surface area contributed by atoms with Gasteiger partial charge in [-0.05, 0) is 23.6 Å². The highest BCUT2D eigenvalue weighted by molar-refractivity contribution is 5.80. The third kappa shape index (κ3) is 2.26. The molecule has 92 valence electrons. The van der Waals surface area contributed by atoms with Gasteiger partial charge in [-0.3, -0.25) is 0 Å². The van der Waals surface area contributed by atoms with Gasteiger partial charge in [0.25, 0.3) is 0 Å². The van der Waals surface area contributed by atoms with Crippen LogP contribution < -0.4 is 5.73 Å². The lowest BCUT2D eigenvalue weighted by Gasteiger charge is -2.19. The molecule has 2 aromatic carbocycles. The fraction of sp³-hybridized carbons (Fsp3) is 0.133. The van der Waals surface area contributed by atoms with Crippen LogP contribution in [-0.4, -0.2) is 11.1 Å². The number of nitrogens with two attached hydrogens (primary N) is 1. The highest BCUT2D eigenvalue weighted by Crippen LogP contribution is 2.23. The average molecular weight is 241 g/mol. The number of carboxylic acid groups (broad SMARTS) is 1. The van der Waals surface area contributed by atoms with Crippen LogP contribution in [0.3, 0.4) is 0 Å². The van der Waals surface area contributed by atoms with Crippen molar-refractivity contribution in [3.63, 3.8) is 0 Å². The van der Waals surface area contributed by atoms with Gasteiger partial charge in [0.05, 0.1) is 0 Å². The first-order valence-corrected chi connectivity index (χ1v) is 5.70. The van der Waals surface area contributed by atoms with Crippen molar-refractivity contribution in [3.05, 3.63) is 60.2 Å². The number of hydrogen-bond donors (Lipinski definition) is 2. The molecule has 3 N–H and O–H groups in total. The Kier molecular flexibility index (Phi) is 3.17. The molecule has 0 aliphatic heterocycles. The van der Waals surface area contributed by atoms with E-state index in [1.165, 1.54) is 6.92 Å². The number of carboxylic acids is 1. The maximum absolute atomic E-state index is 11.1. The molecule has 0 saturated carbocycles. The van der Waals surface area contributed by atoms with Gasteiger partial charge in [0.2, 0.25) is 0 Å². The van der Waals surface area contributed by atoms with Crippen molar-refractivity contribution >= 4 is 5.97 Å². The fourth-order valence-corrected chi connectivity index (χ4v) is 1.76. The minimum Gasteiger partial charge on any atom is -0.480 e. The predicted molar refractivity (Wildman–Crippen MR) is 71.1 cm³/mol. The van der Waals surface area contributed by atoms with E-state index in [1.54, 1.807) is 12.1 Å². The molecule has 0 aliphatic rings. The van der Waals surface area contributed by atoms with E-state index >= 15 is 0 Å². The van der Waals surface area contributed by atoms with Crippen LogP contribution in [0.2, 0.25) is 0 Å². The summed E-state index contributed by atoms with van der Waals surface area (Å²) < 4.78 is 0. The van der Waals surface area contributed by atoms with Crippen molar-refractivity contribution in [1.29, 1.82) is 0 Å². The normalized spacial score (nSPS) is 13.9. The number of rotatable bonds is 3. The third-order valence-corrected chi connectivity index (χ3v) is 3.04. The zero-order valence-electron chi connectivity index (χ0n) is 10.1. The van der Waals surface area contributed by atoms with Crippen LogP contribution in [0.4, 0.5) is 0 Å². The molecule has 0 aromatic heterocycles. The van der Waals surface area contributed by atoms with Gasteiger partial charge in [-0.15, -0.1) is 0 Å². The zero-order valence-corrected chi connectivity index (χ0v) is 10.1. The second kappa shape index (κ2) is 4.63. The molecule has 2 aromatic rings. The lowest BCUT2D eigenvalue weighted by Crippen LogP contribution is -2.41. The van der Waals surface area contributed by atoms with Crippen LogP contribution in [0.25, 0.3) is 11.1 Å². The Hall–Kier alpha value is -2.13. The average Bonchev–Trinajstić information content (AvgIpc) is 2.40. The number of carbonyl (C=O) groups is 1. The monoisotopic (exact) mass is 241 g/mol. The van der Waals surface area contributed by atoms with Crippen LogP contribution in [0.15, 0.2) is 54.6 Å². The van der Waals surface area contributed by atoms with Gasteiger partial charge >= 0.3 is 5.97 Å². The summed E-state index contributed by atoms with van der Waals surface area (Å²) in [6, 6.07) is 17.2. The number of aliphatic carboxylic acids is 1. The van der Waals surface area contributed by atoms with Crippen LogP contribution >= 0.6 is 0 Å². The minimum absolute atomic E-state index is 0.592. The highest BCUT2D eigenvalue weighted by Gasteiger charge is 2.29. The molecule has 3 heteroatoms. The SMILES string of the molecule is CC(N)(C(=O)O)c1ccc(-c2ccccc2)cc1. The van der Waals surface area contributed by atoms with Crippen LogP contribution in [-0.2, 0) is 10.3 Å². The molecule has 18 heavy (non-hydrogen) atoms. The minimum atomic E-state index is -1.35. The fourth-order valence-electron chi connectivity index (χ4n) is 1.76. The van der Waals surface area contributed by atoms with E-state index in [0.717, 1.165) is 11.1 Å². The van der Waals surface area contributed by atoms with E-state index in [1.807, 2.05) is 42.5 Å². The Balaban J connectivity index is 2.35. The Labute approximate surface area is 106 Å².